The predicted octanol–water partition coefficient (Wildman–Crippen LogP) is 15.6. The highest BCUT2D eigenvalue weighted by Crippen LogP contribution is 2.46. The van der Waals surface area contributed by atoms with Crippen molar-refractivity contribution >= 4 is 81.3 Å². The Bertz CT molecular complexity index is 3180. The van der Waals surface area contributed by atoms with Crippen LogP contribution in [0.2, 0.25) is 0 Å². The Labute approximate surface area is 322 Å². The topological polar surface area (TPSA) is 16.4 Å². The molecule has 2 nitrogen and oxygen atoms in total. The molecule has 0 bridgehead atoms. The maximum Gasteiger partial charge on any atom is 0.136 e. The fourth-order valence-electron chi connectivity index (χ4n) is 8.28. The Morgan fingerprint density at radius 3 is 1.64 bits per heavy atom. The second kappa shape index (κ2) is 12.9. The summed E-state index contributed by atoms with van der Waals surface area (Å²) >= 11 is 1.85. The molecule has 0 fully saturated rings. The van der Waals surface area contributed by atoms with Crippen LogP contribution in [0.3, 0.4) is 0 Å². The second-order valence-electron chi connectivity index (χ2n) is 14.1. The van der Waals surface area contributed by atoms with Crippen LogP contribution in [0.25, 0.3) is 86.3 Å². The third kappa shape index (κ3) is 5.32. The smallest absolute Gasteiger partial charge is 0.136 e. The number of benzene rings is 9. The van der Waals surface area contributed by atoms with Gasteiger partial charge in [-0.15, -0.1) is 11.3 Å². The molecule has 55 heavy (non-hydrogen) atoms. The van der Waals surface area contributed by atoms with Crippen LogP contribution in [-0.4, -0.2) is 0 Å². The van der Waals surface area contributed by atoms with Crippen molar-refractivity contribution in [2.75, 3.05) is 4.90 Å². The van der Waals surface area contributed by atoms with Gasteiger partial charge in [0.05, 0.1) is 5.69 Å². The number of rotatable bonds is 6. The fourth-order valence-corrected chi connectivity index (χ4v) is 9.41. The summed E-state index contributed by atoms with van der Waals surface area (Å²) in [6.07, 6.45) is 0. The molecule has 0 radical (unpaired) electrons. The summed E-state index contributed by atoms with van der Waals surface area (Å²) in [4.78, 5) is 2.40. The molecule has 258 valence electrons. The summed E-state index contributed by atoms with van der Waals surface area (Å²) in [5, 5.41) is 7.29. The molecule has 0 aliphatic heterocycles. The Balaban J connectivity index is 1.02. The first kappa shape index (κ1) is 31.6. The first-order valence-corrected chi connectivity index (χ1v) is 19.5. The molecule has 2 aromatic heterocycles. The van der Waals surface area contributed by atoms with Crippen LogP contribution in [0.4, 0.5) is 17.1 Å². The molecule has 0 amide bonds. The number of hydrogen-bond donors (Lipinski definition) is 0. The monoisotopic (exact) mass is 719 g/mol. The molecule has 0 unspecified atom stereocenters. The van der Waals surface area contributed by atoms with Gasteiger partial charge in [-0.2, -0.15) is 0 Å². The molecular formula is C52H33NOS. The van der Waals surface area contributed by atoms with Gasteiger partial charge in [-0.3, -0.25) is 0 Å². The lowest BCUT2D eigenvalue weighted by Gasteiger charge is -2.27. The van der Waals surface area contributed by atoms with Gasteiger partial charge in [0.25, 0.3) is 0 Å². The van der Waals surface area contributed by atoms with Crippen molar-refractivity contribution in [3.05, 3.63) is 200 Å². The molecule has 0 aliphatic carbocycles. The van der Waals surface area contributed by atoms with Gasteiger partial charge in [-0.1, -0.05) is 140 Å². The normalized spacial score (nSPS) is 11.6. The highest BCUT2D eigenvalue weighted by atomic mass is 32.1. The zero-order valence-corrected chi connectivity index (χ0v) is 30.6. The molecule has 0 saturated heterocycles. The van der Waals surface area contributed by atoms with E-state index in [1.807, 2.05) is 11.3 Å². The third-order valence-electron chi connectivity index (χ3n) is 10.9. The number of nitrogens with zero attached hydrogens (tertiary/aromatic N) is 1. The van der Waals surface area contributed by atoms with Crippen LogP contribution in [-0.2, 0) is 0 Å². The molecule has 9 aromatic carbocycles. The average Bonchev–Trinajstić information content (AvgIpc) is 3.83. The maximum atomic E-state index is 6.67. The standard InChI is InChI=1S/C52H33NOS/c1-3-12-34(13-4-1)35-22-27-39(28-23-35)53(46-19-11-21-50-52(46)44-18-9-10-20-49(44)55-50)40-29-24-36(25-30-40)38-26-31-43-47(32-38)54-48-33-45(37-14-5-2-6-15-37)41-16-7-8-17-42(41)51(43)48/h1-33H. The van der Waals surface area contributed by atoms with E-state index in [4.69, 9.17) is 4.42 Å². The van der Waals surface area contributed by atoms with Gasteiger partial charge in [-0.05, 0) is 105 Å². The van der Waals surface area contributed by atoms with E-state index in [-0.39, 0.29) is 0 Å². The number of anilines is 3. The van der Waals surface area contributed by atoms with E-state index in [0.717, 1.165) is 44.4 Å². The molecule has 2 heterocycles. The summed E-state index contributed by atoms with van der Waals surface area (Å²) in [7, 11) is 0. The maximum absolute atomic E-state index is 6.67. The van der Waals surface area contributed by atoms with Crippen LogP contribution in [0.1, 0.15) is 0 Å². The zero-order chi connectivity index (χ0) is 36.3. The summed E-state index contributed by atoms with van der Waals surface area (Å²) in [6, 6.07) is 72.0. The van der Waals surface area contributed by atoms with E-state index in [9.17, 15) is 0 Å². The number of hydrogen-bond acceptors (Lipinski definition) is 3. The van der Waals surface area contributed by atoms with E-state index in [1.54, 1.807) is 0 Å². The molecule has 11 rings (SSSR count). The minimum absolute atomic E-state index is 0.892. The van der Waals surface area contributed by atoms with Crippen molar-refractivity contribution in [1.82, 2.24) is 0 Å². The van der Waals surface area contributed by atoms with Crippen molar-refractivity contribution in [1.29, 1.82) is 0 Å². The van der Waals surface area contributed by atoms with Crippen molar-refractivity contribution in [3.8, 4) is 33.4 Å². The lowest BCUT2D eigenvalue weighted by Crippen LogP contribution is -2.10. The average molecular weight is 720 g/mol. The lowest BCUT2D eigenvalue weighted by molar-refractivity contribution is 0.669. The van der Waals surface area contributed by atoms with Crippen LogP contribution in [0.15, 0.2) is 205 Å². The summed E-state index contributed by atoms with van der Waals surface area (Å²) in [5.74, 6) is 0. The summed E-state index contributed by atoms with van der Waals surface area (Å²) in [6.45, 7) is 0. The zero-order valence-electron chi connectivity index (χ0n) is 29.8. The first-order valence-electron chi connectivity index (χ1n) is 18.7. The van der Waals surface area contributed by atoms with Crippen molar-refractivity contribution in [2.24, 2.45) is 0 Å². The minimum atomic E-state index is 0.892. The van der Waals surface area contributed by atoms with Gasteiger partial charge in [0.2, 0.25) is 0 Å². The van der Waals surface area contributed by atoms with Gasteiger partial charge in [-0.25, -0.2) is 0 Å². The number of fused-ring (bicyclic) bond motifs is 8. The number of thiophene rings is 1. The van der Waals surface area contributed by atoms with Crippen molar-refractivity contribution in [2.45, 2.75) is 0 Å². The van der Waals surface area contributed by atoms with Gasteiger partial charge in [0, 0.05) is 42.3 Å². The molecule has 0 spiro atoms. The molecule has 0 atom stereocenters. The Morgan fingerprint density at radius 2 is 0.909 bits per heavy atom. The van der Waals surface area contributed by atoms with Crippen LogP contribution in [0, 0.1) is 0 Å². The molecule has 0 aliphatic rings. The van der Waals surface area contributed by atoms with Crippen molar-refractivity contribution < 1.29 is 4.42 Å². The number of furan rings is 1. The Kier molecular flexibility index (Phi) is 7.39. The minimum Gasteiger partial charge on any atom is -0.456 e. The van der Waals surface area contributed by atoms with Crippen LogP contribution >= 0.6 is 11.3 Å². The SMILES string of the molecule is c1ccc(-c2ccc(N(c3ccc(-c4ccc5c(c4)oc4cc(-c6ccccc6)c6ccccc6c45)cc3)c3cccc4sc5ccccc5c34)cc2)cc1. The first-order chi connectivity index (χ1) is 27.3. The van der Waals surface area contributed by atoms with Gasteiger partial charge >= 0.3 is 0 Å². The van der Waals surface area contributed by atoms with Gasteiger partial charge in [0.1, 0.15) is 11.2 Å². The lowest BCUT2D eigenvalue weighted by atomic mass is 9.94. The molecule has 11 aromatic rings. The molecular weight excluding hydrogens is 687 g/mol. The predicted molar refractivity (Wildman–Crippen MR) is 235 cm³/mol. The van der Waals surface area contributed by atoms with Crippen molar-refractivity contribution in [3.63, 3.8) is 0 Å². The van der Waals surface area contributed by atoms with Crippen LogP contribution in [0.5, 0.6) is 0 Å². The van der Waals surface area contributed by atoms with Gasteiger partial charge < -0.3 is 9.32 Å². The highest BCUT2D eigenvalue weighted by Gasteiger charge is 2.20. The second-order valence-corrected chi connectivity index (χ2v) is 15.1. The van der Waals surface area contributed by atoms with E-state index in [2.05, 4.69) is 205 Å². The van der Waals surface area contributed by atoms with E-state index in [1.165, 1.54) is 58.9 Å². The third-order valence-corrected chi connectivity index (χ3v) is 12.0. The molecule has 3 heteroatoms. The summed E-state index contributed by atoms with van der Waals surface area (Å²) in [5.41, 5.74) is 12.2. The van der Waals surface area contributed by atoms with E-state index < -0.39 is 0 Å². The largest absolute Gasteiger partial charge is 0.456 e. The Hall–Kier alpha value is -6.94. The van der Waals surface area contributed by atoms with E-state index >= 15 is 0 Å². The quantitative estimate of drug-likeness (QED) is 0.170. The highest BCUT2D eigenvalue weighted by molar-refractivity contribution is 7.26. The fraction of sp³-hybridized carbons (Fsp3) is 0. The summed E-state index contributed by atoms with van der Waals surface area (Å²) < 4.78 is 9.24. The van der Waals surface area contributed by atoms with Gasteiger partial charge in [0.15, 0.2) is 0 Å². The molecule has 0 N–H and O–H groups in total. The van der Waals surface area contributed by atoms with E-state index in [0.29, 0.717) is 0 Å². The van der Waals surface area contributed by atoms with Crippen LogP contribution < -0.4 is 4.90 Å². The Morgan fingerprint density at radius 1 is 0.345 bits per heavy atom. The molecule has 0 saturated carbocycles.